The van der Waals surface area contributed by atoms with E-state index < -0.39 is 0 Å². The highest BCUT2D eigenvalue weighted by molar-refractivity contribution is 5.92. The fourth-order valence-corrected chi connectivity index (χ4v) is 3.01. The fraction of sp³-hybridized carbons (Fsp3) is 0.462. The maximum atomic E-state index is 12.1. The van der Waals surface area contributed by atoms with Crippen molar-refractivity contribution in [2.45, 2.75) is 31.2 Å². The molecule has 1 atom stereocenters. The number of carbonyl (C=O) groups is 1. The Bertz CT molecular complexity index is 413. The zero-order valence-corrected chi connectivity index (χ0v) is 8.75. The van der Waals surface area contributed by atoms with Crippen LogP contribution in [0.15, 0.2) is 24.3 Å². The molecule has 78 valence electrons. The number of nitrogens with one attached hydrogen (secondary N) is 1. The van der Waals surface area contributed by atoms with Gasteiger partial charge in [-0.25, -0.2) is 0 Å². The zero-order chi connectivity index (χ0) is 10.3. The van der Waals surface area contributed by atoms with Gasteiger partial charge in [0.1, 0.15) is 5.54 Å². The van der Waals surface area contributed by atoms with E-state index in [4.69, 9.17) is 0 Å². The average Bonchev–Trinajstić information content (AvgIpc) is 2.62. The third-order valence-electron chi connectivity index (χ3n) is 3.73. The number of carbonyl (C=O) groups excluding carboxylic acids is 1. The van der Waals surface area contributed by atoms with Gasteiger partial charge in [0.25, 0.3) is 0 Å². The van der Waals surface area contributed by atoms with Crippen molar-refractivity contribution in [2.75, 3.05) is 6.54 Å². The lowest BCUT2D eigenvalue weighted by Gasteiger charge is -2.34. The molecule has 0 amide bonds. The molecule has 0 saturated carbocycles. The van der Waals surface area contributed by atoms with E-state index in [0.29, 0.717) is 12.2 Å². The molecule has 1 saturated heterocycles. The van der Waals surface area contributed by atoms with E-state index in [0.717, 1.165) is 25.8 Å². The summed E-state index contributed by atoms with van der Waals surface area (Å²) in [5.41, 5.74) is 2.26. The molecular weight excluding hydrogens is 186 g/mol. The minimum atomic E-state index is -0.325. The van der Waals surface area contributed by atoms with E-state index in [9.17, 15) is 4.79 Å². The van der Waals surface area contributed by atoms with Crippen molar-refractivity contribution in [3.05, 3.63) is 35.4 Å². The van der Waals surface area contributed by atoms with Gasteiger partial charge in [-0.3, -0.25) is 4.79 Å². The Morgan fingerprint density at radius 3 is 2.87 bits per heavy atom. The van der Waals surface area contributed by atoms with E-state index in [-0.39, 0.29) is 5.54 Å². The molecule has 0 radical (unpaired) electrons. The number of hydrogen-bond acceptors (Lipinski definition) is 2. The number of ketones is 1. The van der Waals surface area contributed by atoms with Crippen LogP contribution in [-0.4, -0.2) is 12.3 Å². The molecule has 1 aliphatic heterocycles. The maximum absolute atomic E-state index is 12.1. The largest absolute Gasteiger partial charge is 0.301 e. The number of benzene rings is 1. The standard InChI is InChI=1S/C13H15NO/c15-12-7-9-14-13(12)8-3-5-10-4-1-2-6-11(10)13/h1-2,4,6,14H,3,5,7-9H2. The van der Waals surface area contributed by atoms with Crippen LogP contribution in [0.25, 0.3) is 0 Å². The van der Waals surface area contributed by atoms with Crippen LogP contribution in [0.4, 0.5) is 0 Å². The Hall–Kier alpha value is -1.15. The monoisotopic (exact) mass is 201 g/mol. The molecule has 2 nitrogen and oxygen atoms in total. The van der Waals surface area contributed by atoms with Crippen LogP contribution in [-0.2, 0) is 16.8 Å². The minimum Gasteiger partial charge on any atom is -0.301 e. The molecule has 1 unspecified atom stereocenters. The molecule has 2 aliphatic rings. The minimum absolute atomic E-state index is 0.325. The van der Waals surface area contributed by atoms with Crippen LogP contribution in [0.2, 0.25) is 0 Å². The highest BCUT2D eigenvalue weighted by Gasteiger charge is 2.45. The molecule has 1 aromatic carbocycles. The van der Waals surface area contributed by atoms with Crippen LogP contribution < -0.4 is 5.32 Å². The Kier molecular flexibility index (Phi) is 1.93. The lowest BCUT2D eigenvalue weighted by atomic mass is 9.75. The van der Waals surface area contributed by atoms with Crippen molar-refractivity contribution < 1.29 is 4.79 Å². The summed E-state index contributed by atoms with van der Waals surface area (Å²) in [5.74, 6) is 0.384. The summed E-state index contributed by atoms with van der Waals surface area (Å²) in [6.07, 6.45) is 3.90. The summed E-state index contributed by atoms with van der Waals surface area (Å²) in [4.78, 5) is 12.1. The van der Waals surface area contributed by atoms with Gasteiger partial charge >= 0.3 is 0 Å². The molecule has 1 aromatic rings. The first kappa shape index (κ1) is 9.10. The zero-order valence-electron chi connectivity index (χ0n) is 8.75. The quantitative estimate of drug-likeness (QED) is 0.693. The first-order chi connectivity index (χ1) is 7.33. The van der Waals surface area contributed by atoms with Gasteiger partial charge in [-0.2, -0.15) is 0 Å². The van der Waals surface area contributed by atoms with Crippen molar-refractivity contribution in [1.29, 1.82) is 0 Å². The summed E-state index contributed by atoms with van der Waals surface area (Å²) in [6, 6.07) is 8.38. The second-order valence-corrected chi connectivity index (χ2v) is 4.52. The molecule has 1 spiro atoms. The van der Waals surface area contributed by atoms with Crippen molar-refractivity contribution in [2.24, 2.45) is 0 Å². The predicted molar refractivity (Wildman–Crippen MR) is 58.7 cm³/mol. The van der Waals surface area contributed by atoms with Gasteiger partial charge in [0.2, 0.25) is 0 Å². The fourth-order valence-electron chi connectivity index (χ4n) is 3.01. The third kappa shape index (κ3) is 1.18. The summed E-state index contributed by atoms with van der Waals surface area (Å²) in [5, 5.41) is 3.43. The Labute approximate surface area is 89.7 Å². The topological polar surface area (TPSA) is 29.1 Å². The number of rotatable bonds is 0. The van der Waals surface area contributed by atoms with Crippen LogP contribution in [0, 0.1) is 0 Å². The van der Waals surface area contributed by atoms with Crippen molar-refractivity contribution in [1.82, 2.24) is 5.32 Å². The van der Waals surface area contributed by atoms with Crippen molar-refractivity contribution >= 4 is 5.78 Å². The predicted octanol–water partition coefficient (Wildman–Crippen LogP) is 1.78. The first-order valence-electron chi connectivity index (χ1n) is 5.70. The highest BCUT2D eigenvalue weighted by Crippen LogP contribution is 2.38. The molecular formula is C13H15NO. The van der Waals surface area contributed by atoms with Gasteiger partial charge < -0.3 is 5.32 Å². The number of Topliss-reactive ketones (excluding diaryl/α,β-unsaturated/α-hetero) is 1. The Balaban J connectivity index is 2.16. The smallest absolute Gasteiger partial charge is 0.158 e. The molecule has 1 fully saturated rings. The molecule has 3 rings (SSSR count). The second kappa shape index (κ2) is 3.17. The number of aryl methyl sites for hydroxylation is 1. The molecule has 2 heteroatoms. The Morgan fingerprint density at radius 2 is 2.07 bits per heavy atom. The highest BCUT2D eigenvalue weighted by atomic mass is 16.1. The van der Waals surface area contributed by atoms with Crippen molar-refractivity contribution in [3.8, 4) is 0 Å². The summed E-state index contributed by atoms with van der Waals surface area (Å²) >= 11 is 0. The first-order valence-corrected chi connectivity index (χ1v) is 5.70. The van der Waals surface area contributed by atoms with Crippen LogP contribution in [0.1, 0.15) is 30.4 Å². The summed E-state index contributed by atoms with van der Waals surface area (Å²) in [7, 11) is 0. The molecule has 1 heterocycles. The van der Waals surface area contributed by atoms with Crippen LogP contribution in [0.3, 0.4) is 0 Å². The normalized spacial score (nSPS) is 29.5. The van der Waals surface area contributed by atoms with E-state index in [1.165, 1.54) is 11.1 Å². The van der Waals surface area contributed by atoms with Gasteiger partial charge in [-0.15, -0.1) is 0 Å². The Morgan fingerprint density at radius 1 is 1.20 bits per heavy atom. The third-order valence-corrected chi connectivity index (χ3v) is 3.73. The van der Waals surface area contributed by atoms with E-state index in [2.05, 4.69) is 23.5 Å². The lowest BCUT2D eigenvalue weighted by molar-refractivity contribution is -0.123. The average molecular weight is 201 g/mol. The van der Waals surface area contributed by atoms with Gasteiger partial charge in [-0.05, 0) is 30.4 Å². The van der Waals surface area contributed by atoms with Gasteiger partial charge in [-0.1, -0.05) is 24.3 Å². The molecule has 1 aliphatic carbocycles. The molecule has 0 bridgehead atoms. The number of fused-ring (bicyclic) bond motifs is 2. The van der Waals surface area contributed by atoms with Crippen molar-refractivity contribution in [3.63, 3.8) is 0 Å². The van der Waals surface area contributed by atoms with E-state index in [1.54, 1.807) is 0 Å². The summed E-state index contributed by atoms with van der Waals surface area (Å²) < 4.78 is 0. The van der Waals surface area contributed by atoms with Gasteiger partial charge in [0.15, 0.2) is 5.78 Å². The SMILES string of the molecule is O=C1CCNC12CCCc1ccccc12. The van der Waals surface area contributed by atoms with Crippen LogP contribution >= 0.6 is 0 Å². The van der Waals surface area contributed by atoms with E-state index in [1.807, 2.05) is 6.07 Å². The van der Waals surface area contributed by atoms with Crippen LogP contribution in [0.5, 0.6) is 0 Å². The maximum Gasteiger partial charge on any atom is 0.158 e. The molecule has 1 N–H and O–H groups in total. The molecule has 15 heavy (non-hydrogen) atoms. The molecule has 0 aromatic heterocycles. The number of hydrogen-bond donors (Lipinski definition) is 1. The lowest BCUT2D eigenvalue weighted by Crippen LogP contribution is -2.44. The van der Waals surface area contributed by atoms with E-state index >= 15 is 0 Å². The summed E-state index contributed by atoms with van der Waals surface area (Å²) in [6.45, 7) is 0.840. The second-order valence-electron chi connectivity index (χ2n) is 4.52. The van der Waals surface area contributed by atoms with Gasteiger partial charge in [0.05, 0.1) is 0 Å². The van der Waals surface area contributed by atoms with Gasteiger partial charge in [0, 0.05) is 13.0 Å².